The molecule has 0 saturated carbocycles. The minimum absolute atomic E-state index is 0.252. The Kier molecular flexibility index (Phi) is 6.86. The summed E-state index contributed by atoms with van der Waals surface area (Å²) in [6.45, 7) is 2.65. The van der Waals surface area contributed by atoms with Crippen LogP contribution in [0.5, 0.6) is 0 Å². The van der Waals surface area contributed by atoms with Gasteiger partial charge in [0.1, 0.15) is 0 Å². The summed E-state index contributed by atoms with van der Waals surface area (Å²) >= 11 is -1.49. The third-order valence-electron chi connectivity index (χ3n) is 5.37. The predicted molar refractivity (Wildman–Crippen MR) is 140 cm³/mol. The molecular weight excluding hydrogens is 658 g/mol. The molecule has 0 aliphatic carbocycles. The number of nitrogens with zero attached hydrogens (tertiary/aromatic N) is 3. The maximum atomic E-state index is 15.7. The second-order valence-electron chi connectivity index (χ2n) is 10.2. The van der Waals surface area contributed by atoms with Crippen LogP contribution in [0.4, 0.5) is 8.78 Å². The van der Waals surface area contributed by atoms with E-state index in [0.717, 1.165) is 16.2 Å². The Morgan fingerprint density at radius 1 is 0.750 bits per heavy atom. The van der Waals surface area contributed by atoms with E-state index in [1.807, 2.05) is 19.1 Å². The Labute approximate surface area is 204 Å². The van der Waals surface area contributed by atoms with Crippen molar-refractivity contribution in [2.75, 3.05) is 0 Å². The van der Waals surface area contributed by atoms with Crippen LogP contribution in [-0.4, -0.2) is 51.7 Å². The van der Waals surface area contributed by atoms with Gasteiger partial charge < -0.3 is 0 Å². The first-order valence-electron chi connectivity index (χ1n) is 10.9. The number of hydrogen-bond donors (Lipinski definition) is 0. The van der Waals surface area contributed by atoms with E-state index in [4.69, 9.17) is 0 Å². The van der Waals surface area contributed by atoms with Gasteiger partial charge in [-0.1, -0.05) is 0 Å². The van der Waals surface area contributed by atoms with Crippen molar-refractivity contribution in [2.24, 2.45) is 0 Å². The fourth-order valence-electron chi connectivity index (χ4n) is 3.61. The molecule has 4 aromatic rings. The average Bonchev–Trinajstić information content (AvgIpc) is 3.41. The van der Waals surface area contributed by atoms with Crippen molar-refractivity contribution in [2.45, 2.75) is 49.5 Å². The maximum absolute atomic E-state index is 15.7. The molecule has 0 aliphatic heterocycles. The van der Waals surface area contributed by atoms with Crippen LogP contribution in [0.25, 0.3) is 31.9 Å². The summed E-state index contributed by atoms with van der Waals surface area (Å²) in [5, 5.41) is 9.27. The molecule has 0 spiro atoms. The Hall–Kier alpha value is -0.523. The van der Waals surface area contributed by atoms with Gasteiger partial charge in [0.2, 0.25) is 0 Å². The number of benzene rings is 1. The van der Waals surface area contributed by atoms with Gasteiger partial charge in [0.15, 0.2) is 0 Å². The quantitative estimate of drug-likeness (QED) is 0.213. The summed E-state index contributed by atoms with van der Waals surface area (Å²) in [6, 6.07) is 8.03. The first-order chi connectivity index (χ1) is 14.9. The zero-order chi connectivity index (χ0) is 23.4. The molecule has 0 atom stereocenters. The molecule has 0 bridgehead atoms. The van der Waals surface area contributed by atoms with Crippen LogP contribution in [0.1, 0.15) is 13.3 Å². The van der Waals surface area contributed by atoms with E-state index in [1.165, 1.54) is 5.79 Å². The van der Waals surface area contributed by atoms with Crippen LogP contribution in [0, 0.1) is 11.6 Å². The van der Waals surface area contributed by atoms with Gasteiger partial charge in [-0.15, -0.1) is 0 Å². The summed E-state index contributed by atoms with van der Waals surface area (Å²) in [4.78, 5) is 17.0. The summed E-state index contributed by atoms with van der Waals surface area (Å²) in [5.74, 6) is -1.63. The van der Waals surface area contributed by atoms with Gasteiger partial charge in [-0.3, -0.25) is 0 Å². The van der Waals surface area contributed by atoms with Gasteiger partial charge in [-0.25, -0.2) is 0 Å². The molecule has 3 heterocycles. The number of rotatable bonds is 6. The third kappa shape index (κ3) is 4.55. The van der Waals surface area contributed by atoms with Crippen LogP contribution in [-0.2, 0) is 6.54 Å². The molecule has 0 N–H and O–H groups in total. The van der Waals surface area contributed by atoms with Crippen LogP contribution in [0.3, 0.4) is 0 Å². The normalized spacial score (nSPS) is 12.8. The van der Waals surface area contributed by atoms with Crippen molar-refractivity contribution < 1.29 is 8.78 Å². The standard InChI is InChI=1S/C17H11F2N3S2.6CH3.2Sn/c1-2-7-22-20-16-12(10-5-3-8-23-10)14(18)15(19)13(17(16)21-22)11-6-4-9-24-11;;;;;;;;/h3-6H,2,7H2,1H3;6*1H3;;. The van der Waals surface area contributed by atoms with Crippen LogP contribution < -0.4 is 5.79 Å². The van der Waals surface area contributed by atoms with E-state index in [2.05, 4.69) is 52.0 Å². The summed E-state index contributed by atoms with van der Waals surface area (Å²) in [6.07, 6.45) is 0.847. The van der Waals surface area contributed by atoms with E-state index in [1.54, 1.807) is 27.5 Å². The minimum atomic E-state index is -2.33. The Morgan fingerprint density at radius 3 is 1.47 bits per heavy atom. The molecule has 0 aliphatic rings. The van der Waals surface area contributed by atoms with Crippen molar-refractivity contribution in [3.8, 4) is 20.9 Å². The van der Waals surface area contributed by atoms with E-state index >= 15 is 8.78 Å². The topological polar surface area (TPSA) is 30.7 Å². The van der Waals surface area contributed by atoms with Crippen molar-refractivity contribution in [3.63, 3.8) is 0 Å². The van der Waals surface area contributed by atoms with Crippen molar-refractivity contribution in [3.05, 3.63) is 35.9 Å². The molecule has 3 nitrogen and oxygen atoms in total. The number of thiophene rings is 2. The number of aryl methyl sites for hydroxylation is 1. The SMILES string of the molecule is CCCn1nc2c(-c3cc[c]([Sn]([CH3])([CH3])[CH3])s3)c(F)c(F)c(-c3cc[c]([Sn]([CH3])([CH3])[CH3])s3)c2n1. The van der Waals surface area contributed by atoms with Crippen LogP contribution in [0.15, 0.2) is 24.3 Å². The molecule has 170 valence electrons. The second-order valence-corrected chi connectivity index (χ2v) is 43.2. The van der Waals surface area contributed by atoms with Gasteiger partial charge >= 0.3 is 206 Å². The molecule has 32 heavy (non-hydrogen) atoms. The number of halogens is 2. The Balaban J connectivity index is 2.00. The Morgan fingerprint density at radius 2 is 1.16 bits per heavy atom. The van der Waals surface area contributed by atoms with E-state index in [0.29, 0.717) is 17.6 Å². The van der Waals surface area contributed by atoms with E-state index in [9.17, 15) is 0 Å². The number of hydrogen-bond acceptors (Lipinski definition) is 4. The van der Waals surface area contributed by atoms with Gasteiger partial charge in [0.05, 0.1) is 0 Å². The molecule has 0 saturated heterocycles. The first-order valence-corrected chi connectivity index (χ1v) is 32.5. The molecule has 0 radical (unpaired) electrons. The average molecular weight is 687 g/mol. The second kappa shape index (κ2) is 8.92. The van der Waals surface area contributed by atoms with Gasteiger partial charge in [-0.05, 0) is 0 Å². The van der Waals surface area contributed by atoms with Crippen LogP contribution in [0.2, 0.25) is 29.6 Å². The molecule has 3 aromatic heterocycles. The van der Waals surface area contributed by atoms with Crippen LogP contribution >= 0.6 is 22.7 Å². The number of fused-ring (bicyclic) bond motifs is 1. The predicted octanol–water partition coefficient (Wildman–Crippen LogP) is 6.67. The van der Waals surface area contributed by atoms with E-state index < -0.39 is 48.4 Å². The van der Waals surface area contributed by atoms with Gasteiger partial charge in [0.25, 0.3) is 0 Å². The molecule has 1 aromatic carbocycles. The Bertz CT molecular complexity index is 1200. The zero-order valence-corrected chi connectivity index (χ0v) is 27.0. The summed E-state index contributed by atoms with van der Waals surface area (Å²) < 4.78 is 34.0. The van der Waals surface area contributed by atoms with Crippen molar-refractivity contribution in [1.29, 1.82) is 0 Å². The first kappa shape index (κ1) is 24.6. The fourth-order valence-corrected chi connectivity index (χ4v) is 16.3. The summed E-state index contributed by atoms with van der Waals surface area (Å²) in [7, 11) is 0. The summed E-state index contributed by atoms with van der Waals surface area (Å²) in [5.41, 5.74) is 1.42. The van der Waals surface area contributed by atoms with Crippen molar-refractivity contribution in [1.82, 2.24) is 15.0 Å². The molecule has 0 unspecified atom stereocenters. The fraction of sp³-hybridized carbons (Fsp3) is 0.391. The van der Waals surface area contributed by atoms with Crippen molar-refractivity contribution >= 4 is 76.2 Å². The van der Waals surface area contributed by atoms with Gasteiger partial charge in [-0.2, -0.15) is 0 Å². The molecule has 0 amide bonds. The molecule has 9 heteroatoms. The molecular formula is C23H29F2N3S2Sn2. The third-order valence-corrected chi connectivity index (χ3v) is 26.6. The molecule has 4 rings (SSSR count). The number of aromatic nitrogens is 3. The molecule has 0 fully saturated rings. The monoisotopic (exact) mass is 689 g/mol. The van der Waals surface area contributed by atoms with E-state index in [-0.39, 0.29) is 11.1 Å². The van der Waals surface area contributed by atoms with Gasteiger partial charge in [0, 0.05) is 0 Å². The zero-order valence-electron chi connectivity index (χ0n) is 19.6.